The lowest BCUT2D eigenvalue weighted by Crippen LogP contribution is -1.90. The van der Waals surface area contributed by atoms with E-state index in [4.69, 9.17) is 27.6 Å². The molecule has 3 heteroatoms. The van der Waals surface area contributed by atoms with Gasteiger partial charge in [-0.05, 0) is 49.1 Å². The maximum absolute atomic E-state index is 6.25. The Morgan fingerprint density at radius 2 is 2.06 bits per heavy atom. The topological polar surface area (TPSA) is 13.1 Å². The molecule has 0 saturated heterocycles. The van der Waals surface area contributed by atoms with E-state index in [1.54, 1.807) is 0 Å². The second-order valence-electron chi connectivity index (χ2n) is 4.75. The van der Waals surface area contributed by atoms with Crippen LogP contribution in [0.25, 0.3) is 16.5 Å². The van der Waals surface area contributed by atoms with Gasteiger partial charge in [0.2, 0.25) is 0 Å². The summed E-state index contributed by atoms with van der Waals surface area (Å²) in [4.78, 5) is 0. The number of halogens is 2. The highest BCUT2D eigenvalue weighted by Gasteiger charge is 2.14. The minimum atomic E-state index is 0.124. The monoisotopic (exact) mass is 280 g/mol. The summed E-state index contributed by atoms with van der Waals surface area (Å²) < 4.78 is 5.88. The number of hydrogen-bond donors (Lipinski definition) is 0. The summed E-state index contributed by atoms with van der Waals surface area (Å²) in [6.45, 7) is 0. The van der Waals surface area contributed by atoms with Crippen LogP contribution in [0, 0.1) is 0 Å². The number of benzene rings is 1. The second kappa shape index (κ2) is 4.99. The van der Waals surface area contributed by atoms with Gasteiger partial charge in [0.15, 0.2) is 0 Å². The fourth-order valence-electron chi connectivity index (χ4n) is 2.42. The van der Waals surface area contributed by atoms with Crippen LogP contribution in [-0.2, 0) is 0 Å². The lowest BCUT2D eigenvalue weighted by Gasteiger charge is -2.01. The molecule has 3 rings (SSSR count). The summed E-state index contributed by atoms with van der Waals surface area (Å²) in [5, 5.41) is 1.91. The van der Waals surface area contributed by atoms with Crippen LogP contribution in [0.1, 0.15) is 31.4 Å². The van der Waals surface area contributed by atoms with Gasteiger partial charge in [0, 0.05) is 10.4 Å². The van der Waals surface area contributed by atoms with Crippen molar-refractivity contribution in [2.45, 2.75) is 31.1 Å². The van der Waals surface area contributed by atoms with E-state index in [1.807, 2.05) is 18.2 Å². The molecule has 1 aromatic carbocycles. The highest BCUT2D eigenvalue weighted by molar-refractivity contribution is 6.31. The van der Waals surface area contributed by atoms with Crippen molar-refractivity contribution in [1.82, 2.24) is 0 Å². The van der Waals surface area contributed by atoms with Crippen molar-refractivity contribution in [2.75, 3.05) is 0 Å². The van der Waals surface area contributed by atoms with Crippen molar-refractivity contribution in [1.29, 1.82) is 0 Å². The van der Waals surface area contributed by atoms with E-state index in [1.165, 1.54) is 18.4 Å². The fraction of sp³-hybridized carbons (Fsp3) is 0.333. The molecule has 0 N–H and O–H groups in total. The number of allylic oxidation sites excluding steroid dienone is 2. The molecular formula is C15H14Cl2O. The fourth-order valence-corrected chi connectivity index (χ4v) is 2.90. The minimum absolute atomic E-state index is 0.124. The van der Waals surface area contributed by atoms with E-state index in [0.717, 1.165) is 34.6 Å². The predicted octanol–water partition coefficient (Wildman–Crippen LogP) is 5.65. The van der Waals surface area contributed by atoms with Gasteiger partial charge in [0.05, 0.1) is 5.38 Å². The third-order valence-corrected chi connectivity index (χ3v) is 3.93. The molecule has 0 saturated carbocycles. The Morgan fingerprint density at radius 1 is 1.17 bits per heavy atom. The van der Waals surface area contributed by atoms with Crippen LogP contribution in [0.15, 0.2) is 34.8 Å². The highest BCUT2D eigenvalue weighted by atomic mass is 35.5. The number of rotatable bonds is 1. The Morgan fingerprint density at radius 3 is 2.94 bits per heavy atom. The first-order valence-corrected chi connectivity index (χ1v) is 7.08. The molecule has 1 heterocycles. The Hall–Kier alpha value is -0.920. The molecular weight excluding hydrogens is 267 g/mol. The molecule has 1 aliphatic rings. The standard InChI is InChI=1S/C15H14Cl2O/c16-12-4-2-1-3-10(7-12)15-9-11-8-13(17)5-6-14(11)18-15/h5-9,12H,1-4H2. The van der Waals surface area contributed by atoms with Gasteiger partial charge in [-0.25, -0.2) is 0 Å². The molecule has 0 radical (unpaired) electrons. The lowest BCUT2D eigenvalue weighted by molar-refractivity contribution is 0.594. The molecule has 94 valence electrons. The van der Waals surface area contributed by atoms with Crippen molar-refractivity contribution in [3.8, 4) is 0 Å². The van der Waals surface area contributed by atoms with Crippen LogP contribution < -0.4 is 0 Å². The number of alkyl halides is 1. The van der Waals surface area contributed by atoms with Crippen molar-refractivity contribution in [3.05, 3.63) is 41.1 Å². The van der Waals surface area contributed by atoms with Gasteiger partial charge in [-0.1, -0.05) is 24.1 Å². The first kappa shape index (κ1) is 12.1. The molecule has 1 aliphatic carbocycles. The van der Waals surface area contributed by atoms with Crippen molar-refractivity contribution in [2.24, 2.45) is 0 Å². The summed E-state index contributed by atoms with van der Waals surface area (Å²) in [6.07, 6.45) is 6.58. The maximum atomic E-state index is 6.25. The average molecular weight is 281 g/mol. The molecule has 1 nitrogen and oxygen atoms in total. The molecule has 0 spiro atoms. The van der Waals surface area contributed by atoms with E-state index >= 15 is 0 Å². The zero-order valence-corrected chi connectivity index (χ0v) is 11.5. The molecule has 1 atom stereocenters. The van der Waals surface area contributed by atoms with Crippen molar-refractivity contribution in [3.63, 3.8) is 0 Å². The van der Waals surface area contributed by atoms with Crippen LogP contribution in [0.3, 0.4) is 0 Å². The smallest absolute Gasteiger partial charge is 0.134 e. The Balaban J connectivity index is 2.03. The van der Waals surface area contributed by atoms with E-state index in [9.17, 15) is 0 Å². The highest BCUT2D eigenvalue weighted by Crippen LogP contribution is 2.32. The van der Waals surface area contributed by atoms with E-state index in [2.05, 4.69) is 12.1 Å². The van der Waals surface area contributed by atoms with Crippen molar-refractivity contribution >= 4 is 39.7 Å². The van der Waals surface area contributed by atoms with Gasteiger partial charge in [0.1, 0.15) is 11.3 Å². The van der Waals surface area contributed by atoms with Gasteiger partial charge >= 0.3 is 0 Å². The molecule has 1 unspecified atom stereocenters. The summed E-state index contributed by atoms with van der Waals surface area (Å²) >= 11 is 12.2. The number of fused-ring (bicyclic) bond motifs is 1. The normalized spacial score (nSPS) is 20.8. The van der Waals surface area contributed by atoms with Gasteiger partial charge < -0.3 is 4.42 Å². The summed E-state index contributed by atoms with van der Waals surface area (Å²) in [5.74, 6) is 0.930. The third-order valence-electron chi connectivity index (χ3n) is 3.35. The first-order valence-electron chi connectivity index (χ1n) is 6.26. The molecule has 0 aliphatic heterocycles. The summed E-state index contributed by atoms with van der Waals surface area (Å²) in [5.41, 5.74) is 2.10. The predicted molar refractivity (Wildman–Crippen MR) is 77.3 cm³/mol. The Bertz CT molecular complexity index is 598. The average Bonchev–Trinajstić information content (AvgIpc) is 2.63. The Labute approximate surface area is 116 Å². The van der Waals surface area contributed by atoms with Gasteiger partial charge in [-0.3, -0.25) is 0 Å². The van der Waals surface area contributed by atoms with Crippen LogP contribution in [0.2, 0.25) is 5.02 Å². The number of hydrogen-bond acceptors (Lipinski definition) is 1. The Kier molecular flexibility index (Phi) is 3.36. The van der Waals surface area contributed by atoms with E-state index in [-0.39, 0.29) is 5.38 Å². The largest absolute Gasteiger partial charge is 0.456 e. The van der Waals surface area contributed by atoms with E-state index in [0.29, 0.717) is 0 Å². The van der Waals surface area contributed by atoms with Crippen LogP contribution in [0.5, 0.6) is 0 Å². The zero-order valence-electron chi connectivity index (χ0n) is 9.96. The van der Waals surface area contributed by atoms with E-state index < -0.39 is 0 Å². The molecule has 18 heavy (non-hydrogen) atoms. The lowest BCUT2D eigenvalue weighted by atomic mass is 10.1. The molecule has 0 fully saturated rings. The van der Waals surface area contributed by atoms with Crippen molar-refractivity contribution < 1.29 is 4.42 Å². The summed E-state index contributed by atoms with van der Waals surface area (Å²) in [6, 6.07) is 7.75. The van der Waals surface area contributed by atoms with Gasteiger partial charge in [-0.15, -0.1) is 11.6 Å². The zero-order chi connectivity index (χ0) is 12.5. The minimum Gasteiger partial charge on any atom is -0.456 e. The van der Waals surface area contributed by atoms with Gasteiger partial charge in [0.25, 0.3) is 0 Å². The van der Waals surface area contributed by atoms with Crippen LogP contribution >= 0.6 is 23.2 Å². The molecule has 0 bridgehead atoms. The summed E-state index contributed by atoms with van der Waals surface area (Å²) in [7, 11) is 0. The van der Waals surface area contributed by atoms with Crippen LogP contribution in [-0.4, -0.2) is 5.38 Å². The quantitative estimate of drug-likeness (QED) is 0.615. The molecule has 0 amide bonds. The van der Waals surface area contributed by atoms with Crippen LogP contribution in [0.4, 0.5) is 0 Å². The third kappa shape index (κ3) is 2.43. The SMILES string of the molecule is Clc1ccc2oc(C3=CC(Cl)CCCC3)cc2c1. The second-order valence-corrected chi connectivity index (χ2v) is 5.74. The maximum Gasteiger partial charge on any atom is 0.134 e. The molecule has 1 aromatic heterocycles. The first-order chi connectivity index (χ1) is 8.72. The molecule has 2 aromatic rings. The number of furan rings is 1. The van der Waals surface area contributed by atoms with Gasteiger partial charge in [-0.2, -0.15) is 0 Å².